The molecule has 0 spiro atoms. The van der Waals surface area contributed by atoms with Crippen molar-refractivity contribution in [3.8, 4) is 0 Å². The molecule has 0 fully saturated rings. The third-order valence-corrected chi connectivity index (χ3v) is 4.37. The summed E-state index contributed by atoms with van der Waals surface area (Å²) in [5.74, 6) is 0. The van der Waals surface area contributed by atoms with E-state index >= 15 is 0 Å². The summed E-state index contributed by atoms with van der Waals surface area (Å²) in [5.41, 5.74) is 3.75. The zero-order valence-electron chi connectivity index (χ0n) is 11.9. The highest BCUT2D eigenvalue weighted by Crippen LogP contribution is 2.23. The topological polar surface area (TPSA) is 50.3 Å². The molecule has 0 saturated heterocycles. The first-order valence-corrected chi connectivity index (χ1v) is 8.16. The molecular formula is C15H18N2O2S. The van der Waals surface area contributed by atoms with Gasteiger partial charge in [-0.15, -0.1) is 0 Å². The third-order valence-electron chi connectivity index (χ3n) is 3.23. The van der Waals surface area contributed by atoms with E-state index in [0.29, 0.717) is 5.69 Å². The minimum absolute atomic E-state index is 0.287. The number of pyridine rings is 1. The fraction of sp³-hybridized carbons (Fsp3) is 0.267. The number of benzene rings is 1. The van der Waals surface area contributed by atoms with Gasteiger partial charge in [-0.05, 0) is 48.7 Å². The summed E-state index contributed by atoms with van der Waals surface area (Å²) in [5, 5.41) is 0. The Balaban J connectivity index is 2.41. The first-order valence-electron chi connectivity index (χ1n) is 6.32. The molecule has 0 amide bonds. The van der Waals surface area contributed by atoms with Gasteiger partial charge in [0.15, 0.2) is 0 Å². The molecule has 106 valence electrons. The first kappa shape index (κ1) is 14.5. The maximum absolute atomic E-state index is 12.0. The average Bonchev–Trinajstić information content (AvgIpc) is 2.39. The summed E-state index contributed by atoms with van der Waals surface area (Å²) in [4.78, 5) is 4.02. The summed E-state index contributed by atoms with van der Waals surface area (Å²) in [7, 11) is -3.34. The molecule has 0 aliphatic heterocycles. The number of hydrogen-bond acceptors (Lipinski definition) is 3. The van der Waals surface area contributed by atoms with Crippen LogP contribution in [0.3, 0.4) is 0 Å². The summed E-state index contributed by atoms with van der Waals surface area (Å²) in [6, 6.07) is 9.33. The van der Waals surface area contributed by atoms with Crippen molar-refractivity contribution in [3.05, 3.63) is 59.4 Å². The van der Waals surface area contributed by atoms with Gasteiger partial charge in [0.25, 0.3) is 0 Å². The maximum atomic E-state index is 12.0. The van der Waals surface area contributed by atoms with E-state index in [1.54, 1.807) is 18.5 Å². The second-order valence-electron chi connectivity index (χ2n) is 4.90. The lowest BCUT2D eigenvalue weighted by molar-refractivity contribution is 0.596. The Morgan fingerprint density at radius 1 is 1.15 bits per heavy atom. The van der Waals surface area contributed by atoms with Crippen molar-refractivity contribution in [1.29, 1.82) is 0 Å². The van der Waals surface area contributed by atoms with Gasteiger partial charge in [-0.25, -0.2) is 8.42 Å². The molecule has 0 aliphatic rings. The van der Waals surface area contributed by atoms with Gasteiger partial charge in [0, 0.05) is 12.4 Å². The van der Waals surface area contributed by atoms with E-state index in [9.17, 15) is 8.42 Å². The molecule has 0 aliphatic carbocycles. The highest BCUT2D eigenvalue weighted by Gasteiger charge is 2.18. The zero-order chi connectivity index (χ0) is 14.8. The van der Waals surface area contributed by atoms with E-state index in [1.165, 1.54) is 10.6 Å². The largest absolute Gasteiger partial charge is 0.266 e. The highest BCUT2D eigenvalue weighted by atomic mass is 32.2. The SMILES string of the molecule is Cc1ccc(N(Cc2cccnc2)S(C)(=O)=O)cc1C. The standard InChI is InChI=1S/C15H18N2O2S/c1-12-6-7-15(9-13(12)2)17(20(3,18)19)11-14-5-4-8-16-10-14/h4-10H,11H2,1-3H3. The quantitative estimate of drug-likeness (QED) is 0.870. The van der Waals surface area contributed by atoms with Crippen LogP contribution in [0.4, 0.5) is 5.69 Å². The molecule has 1 aromatic heterocycles. The van der Waals surface area contributed by atoms with Crippen LogP contribution >= 0.6 is 0 Å². The summed E-state index contributed by atoms with van der Waals surface area (Å²) in [6.07, 6.45) is 4.57. The Labute approximate surface area is 120 Å². The third kappa shape index (κ3) is 3.36. The van der Waals surface area contributed by atoms with Crippen molar-refractivity contribution < 1.29 is 8.42 Å². The van der Waals surface area contributed by atoms with E-state index in [-0.39, 0.29) is 6.54 Å². The summed E-state index contributed by atoms with van der Waals surface area (Å²) in [6.45, 7) is 4.27. The highest BCUT2D eigenvalue weighted by molar-refractivity contribution is 7.92. The lowest BCUT2D eigenvalue weighted by Gasteiger charge is -2.23. The van der Waals surface area contributed by atoms with Gasteiger partial charge in [-0.1, -0.05) is 12.1 Å². The molecule has 0 radical (unpaired) electrons. The van der Waals surface area contributed by atoms with E-state index in [2.05, 4.69) is 4.98 Å². The molecule has 0 N–H and O–H groups in total. The summed E-state index contributed by atoms with van der Waals surface area (Å²) < 4.78 is 25.5. The van der Waals surface area contributed by atoms with Gasteiger partial charge in [-0.2, -0.15) is 0 Å². The molecular weight excluding hydrogens is 272 g/mol. The Hall–Kier alpha value is -1.88. The van der Waals surface area contributed by atoms with Crippen molar-refractivity contribution in [2.24, 2.45) is 0 Å². The van der Waals surface area contributed by atoms with Crippen LogP contribution in [0.1, 0.15) is 16.7 Å². The van der Waals surface area contributed by atoms with Crippen LogP contribution < -0.4 is 4.31 Å². The Bertz CT molecular complexity index is 697. The van der Waals surface area contributed by atoms with Crippen molar-refractivity contribution >= 4 is 15.7 Å². The van der Waals surface area contributed by atoms with E-state index < -0.39 is 10.0 Å². The van der Waals surface area contributed by atoms with Gasteiger partial charge in [0.1, 0.15) is 0 Å². The second kappa shape index (κ2) is 5.63. The smallest absolute Gasteiger partial charge is 0.232 e. The van der Waals surface area contributed by atoms with Crippen LogP contribution in [0.5, 0.6) is 0 Å². The molecule has 2 rings (SSSR count). The van der Waals surface area contributed by atoms with Crippen LogP contribution in [-0.2, 0) is 16.6 Å². The molecule has 0 atom stereocenters. The monoisotopic (exact) mass is 290 g/mol. The first-order chi connectivity index (χ1) is 9.38. The molecule has 5 heteroatoms. The molecule has 0 bridgehead atoms. The minimum Gasteiger partial charge on any atom is -0.266 e. The molecule has 0 saturated carbocycles. The normalized spacial score (nSPS) is 11.3. The Kier molecular flexibility index (Phi) is 4.09. The molecule has 2 aromatic rings. The number of rotatable bonds is 4. The van der Waals surface area contributed by atoms with Crippen LogP contribution in [0.25, 0.3) is 0 Å². The number of aryl methyl sites for hydroxylation is 2. The Morgan fingerprint density at radius 2 is 1.90 bits per heavy atom. The molecule has 4 nitrogen and oxygen atoms in total. The van der Waals surface area contributed by atoms with Gasteiger partial charge in [0.2, 0.25) is 10.0 Å². The predicted octanol–water partition coefficient (Wildman–Crippen LogP) is 2.66. The van der Waals surface area contributed by atoms with Crippen molar-refractivity contribution in [1.82, 2.24) is 4.98 Å². The van der Waals surface area contributed by atoms with Crippen LogP contribution in [0, 0.1) is 13.8 Å². The van der Waals surface area contributed by atoms with Gasteiger partial charge >= 0.3 is 0 Å². The fourth-order valence-electron chi connectivity index (χ4n) is 1.94. The fourth-order valence-corrected chi connectivity index (χ4v) is 2.82. The Morgan fingerprint density at radius 3 is 2.45 bits per heavy atom. The van der Waals surface area contributed by atoms with Crippen molar-refractivity contribution in [3.63, 3.8) is 0 Å². The maximum Gasteiger partial charge on any atom is 0.232 e. The lowest BCUT2D eigenvalue weighted by Crippen LogP contribution is -2.29. The van der Waals surface area contributed by atoms with Crippen LogP contribution in [0.2, 0.25) is 0 Å². The van der Waals surface area contributed by atoms with Gasteiger partial charge < -0.3 is 0 Å². The zero-order valence-corrected chi connectivity index (χ0v) is 12.7. The number of nitrogens with zero attached hydrogens (tertiary/aromatic N) is 2. The molecule has 20 heavy (non-hydrogen) atoms. The van der Waals surface area contributed by atoms with Crippen LogP contribution in [-0.4, -0.2) is 19.7 Å². The summed E-state index contributed by atoms with van der Waals surface area (Å²) >= 11 is 0. The molecule has 1 heterocycles. The van der Waals surface area contributed by atoms with Crippen molar-refractivity contribution in [2.75, 3.05) is 10.6 Å². The molecule has 1 aromatic carbocycles. The average molecular weight is 290 g/mol. The van der Waals surface area contributed by atoms with Crippen LogP contribution in [0.15, 0.2) is 42.7 Å². The molecule has 0 unspecified atom stereocenters. The lowest BCUT2D eigenvalue weighted by atomic mass is 10.1. The minimum atomic E-state index is -3.34. The number of aromatic nitrogens is 1. The van der Waals surface area contributed by atoms with Crippen molar-refractivity contribution in [2.45, 2.75) is 20.4 Å². The van der Waals surface area contributed by atoms with E-state index in [4.69, 9.17) is 0 Å². The number of hydrogen-bond donors (Lipinski definition) is 0. The van der Waals surface area contributed by atoms with Gasteiger partial charge in [0.05, 0.1) is 18.5 Å². The van der Waals surface area contributed by atoms with E-state index in [0.717, 1.165) is 16.7 Å². The number of anilines is 1. The predicted molar refractivity (Wildman–Crippen MR) is 81.2 cm³/mol. The van der Waals surface area contributed by atoms with Gasteiger partial charge in [-0.3, -0.25) is 9.29 Å². The second-order valence-corrected chi connectivity index (χ2v) is 6.81. The number of sulfonamides is 1. The van der Waals surface area contributed by atoms with E-state index in [1.807, 2.05) is 38.1 Å².